The third-order valence-corrected chi connectivity index (χ3v) is 5.42. The number of fused-ring (bicyclic) bond motifs is 6. The van der Waals surface area contributed by atoms with Gasteiger partial charge in [-0.2, -0.15) is 0 Å². The van der Waals surface area contributed by atoms with Gasteiger partial charge in [-0.15, -0.1) is 0 Å². The first kappa shape index (κ1) is 18.4. The minimum Gasteiger partial charge on any atom is -0.362 e. The Morgan fingerprint density at radius 2 is 1.30 bits per heavy atom. The number of nitrogens with one attached hydrogen (secondary N) is 1. The lowest BCUT2D eigenvalue weighted by Crippen LogP contribution is -2.17. The molecule has 0 radical (unpaired) electrons. The van der Waals surface area contributed by atoms with Crippen molar-refractivity contribution in [2.75, 3.05) is 21.1 Å². The van der Waals surface area contributed by atoms with E-state index in [-0.39, 0.29) is 0 Å². The normalized spacial score (nSPS) is 28.6. The molecule has 0 aliphatic carbocycles. The van der Waals surface area contributed by atoms with Crippen molar-refractivity contribution in [2.45, 2.75) is 63.5 Å². The Hall–Kier alpha value is -2.01. The van der Waals surface area contributed by atoms with Crippen molar-refractivity contribution in [3.8, 4) is 0 Å². The summed E-state index contributed by atoms with van der Waals surface area (Å²) in [6, 6.07) is 0.778. The van der Waals surface area contributed by atoms with Crippen LogP contribution in [0.3, 0.4) is 0 Å². The van der Waals surface area contributed by atoms with Crippen LogP contribution in [0.5, 0.6) is 0 Å². The van der Waals surface area contributed by atoms with Gasteiger partial charge < -0.3 is 10.2 Å². The second-order valence-corrected chi connectivity index (χ2v) is 8.50. The van der Waals surface area contributed by atoms with Gasteiger partial charge >= 0.3 is 0 Å². The van der Waals surface area contributed by atoms with Crippen molar-refractivity contribution in [3.63, 3.8) is 0 Å². The molecule has 0 aromatic carbocycles. The fraction of sp³-hybridized carbons (Fsp3) is 0.591. The van der Waals surface area contributed by atoms with Gasteiger partial charge in [-0.1, -0.05) is 0 Å². The smallest absolute Gasteiger partial charge is 0.0730 e. The van der Waals surface area contributed by atoms with Crippen molar-refractivity contribution in [3.05, 3.63) is 35.3 Å². The van der Waals surface area contributed by atoms with Gasteiger partial charge in [-0.3, -0.25) is 15.0 Å². The first-order chi connectivity index (χ1) is 13.0. The zero-order chi connectivity index (χ0) is 18.8. The van der Waals surface area contributed by atoms with Crippen molar-refractivity contribution < 1.29 is 0 Å². The Bertz CT molecular complexity index is 776. The molecule has 1 fully saturated rings. The van der Waals surface area contributed by atoms with Gasteiger partial charge in [0.25, 0.3) is 0 Å². The van der Waals surface area contributed by atoms with Crippen molar-refractivity contribution in [2.24, 2.45) is 15.0 Å². The van der Waals surface area contributed by atoms with E-state index in [2.05, 4.69) is 23.5 Å². The quantitative estimate of drug-likeness (QED) is 0.712. The minimum atomic E-state index is 0.387. The summed E-state index contributed by atoms with van der Waals surface area (Å²) in [6.45, 7) is 0. The van der Waals surface area contributed by atoms with Crippen LogP contribution in [0.4, 0.5) is 0 Å². The molecule has 5 heteroatoms. The van der Waals surface area contributed by atoms with Crippen LogP contribution < -0.4 is 5.32 Å². The lowest BCUT2D eigenvalue weighted by molar-refractivity contribution is 0.505. The first-order valence-corrected chi connectivity index (χ1v) is 10.3. The molecule has 5 rings (SSSR count). The predicted octanol–water partition coefficient (Wildman–Crippen LogP) is 3.65. The summed E-state index contributed by atoms with van der Waals surface area (Å²) in [7, 11) is 6.00. The second kappa shape index (κ2) is 7.93. The predicted molar refractivity (Wildman–Crippen MR) is 114 cm³/mol. The van der Waals surface area contributed by atoms with E-state index in [1.807, 2.05) is 26.0 Å². The van der Waals surface area contributed by atoms with Crippen LogP contribution in [0.15, 0.2) is 50.3 Å². The zero-order valence-corrected chi connectivity index (χ0v) is 16.8. The topological polar surface area (TPSA) is 52.4 Å². The highest BCUT2D eigenvalue weighted by molar-refractivity contribution is 6.01. The molecule has 1 saturated heterocycles. The molecule has 5 aliphatic heterocycles. The Labute approximate surface area is 162 Å². The van der Waals surface area contributed by atoms with Crippen molar-refractivity contribution >= 4 is 17.1 Å². The van der Waals surface area contributed by atoms with E-state index < -0.39 is 0 Å². The van der Waals surface area contributed by atoms with Crippen LogP contribution in [0.2, 0.25) is 0 Å². The third-order valence-electron chi connectivity index (χ3n) is 5.42. The van der Waals surface area contributed by atoms with E-state index in [0.717, 1.165) is 51.4 Å². The van der Waals surface area contributed by atoms with Gasteiger partial charge in [0.05, 0.1) is 12.1 Å². The van der Waals surface area contributed by atoms with Crippen LogP contribution in [0, 0.1) is 0 Å². The van der Waals surface area contributed by atoms with Crippen LogP contribution >= 0.6 is 0 Å². The molecule has 144 valence electrons. The fourth-order valence-electron chi connectivity index (χ4n) is 4.22. The highest BCUT2D eigenvalue weighted by Crippen LogP contribution is 2.30. The van der Waals surface area contributed by atoms with Crippen molar-refractivity contribution in [1.82, 2.24) is 10.2 Å². The van der Waals surface area contributed by atoms with Crippen LogP contribution in [-0.4, -0.2) is 55.3 Å². The standard InChI is InChI=1S/C19H22N4.C3H9N/c1-3-14-10-16-5-7-18(22-16)19-8-6-17(23-19)11-15-4-2-13(21-15)9-12(1)20-14;1-4(2)3/h9-11,18-20H,1-8H2;1-3H3. The van der Waals surface area contributed by atoms with Gasteiger partial charge in [0.15, 0.2) is 0 Å². The Kier molecular flexibility index (Phi) is 5.39. The minimum absolute atomic E-state index is 0.387. The summed E-state index contributed by atoms with van der Waals surface area (Å²) in [4.78, 5) is 16.7. The van der Waals surface area contributed by atoms with E-state index in [1.165, 1.54) is 34.2 Å². The van der Waals surface area contributed by atoms with E-state index in [1.54, 1.807) is 0 Å². The second-order valence-electron chi connectivity index (χ2n) is 8.50. The lowest BCUT2D eigenvalue weighted by atomic mass is 10.0. The molecule has 5 heterocycles. The summed E-state index contributed by atoms with van der Waals surface area (Å²) in [5.74, 6) is 0. The molecule has 0 aromatic heterocycles. The van der Waals surface area contributed by atoms with Gasteiger partial charge in [-0.05, 0) is 90.7 Å². The monoisotopic (exact) mass is 365 g/mol. The highest BCUT2D eigenvalue weighted by atomic mass is 15.0. The van der Waals surface area contributed by atoms with Crippen LogP contribution in [-0.2, 0) is 0 Å². The molecular weight excluding hydrogens is 334 g/mol. The Morgan fingerprint density at radius 1 is 0.741 bits per heavy atom. The summed E-state index contributed by atoms with van der Waals surface area (Å²) in [5, 5.41) is 3.57. The van der Waals surface area contributed by atoms with Crippen LogP contribution in [0.1, 0.15) is 51.4 Å². The number of aliphatic imine (C=N–C) groups is 3. The first-order valence-electron chi connectivity index (χ1n) is 10.3. The number of allylic oxidation sites excluding steroid dienone is 6. The van der Waals surface area contributed by atoms with E-state index in [4.69, 9.17) is 15.0 Å². The van der Waals surface area contributed by atoms with E-state index in [9.17, 15) is 0 Å². The molecule has 5 aliphatic rings. The Balaban J connectivity index is 0.000000413. The summed E-state index contributed by atoms with van der Waals surface area (Å²) in [5.41, 5.74) is 7.53. The number of hydrogen-bond acceptors (Lipinski definition) is 5. The number of rotatable bonds is 0. The number of hydrogen-bond donors (Lipinski definition) is 1. The molecule has 8 bridgehead atoms. The van der Waals surface area contributed by atoms with E-state index in [0.29, 0.717) is 12.1 Å². The van der Waals surface area contributed by atoms with Gasteiger partial charge in [0.2, 0.25) is 0 Å². The summed E-state index contributed by atoms with van der Waals surface area (Å²) in [6.07, 6.45) is 15.6. The van der Waals surface area contributed by atoms with E-state index >= 15 is 0 Å². The Morgan fingerprint density at radius 3 is 1.93 bits per heavy atom. The average Bonchev–Trinajstić information content (AvgIpc) is 3.36. The molecule has 0 amide bonds. The largest absolute Gasteiger partial charge is 0.362 e. The molecule has 0 aromatic rings. The molecule has 2 atom stereocenters. The molecular formula is C22H31N5. The summed E-state index contributed by atoms with van der Waals surface area (Å²) >= 11 is 0. The maximum atomic E-state index is 4.97. The highest BCUT2D eigenvalue weighted by Gasteiger charge is 2.29. The molecule has 2 unspecified atom stereocenters. The molecule has 0 spiro atoms. The average molecular weight is 366 g/mol. The molecule has 27 heavy (non-hydrogen) atoms. The van der Waals surface area contributed by atoms with Gasteiger partial charge in [0, 0.05) is 34.2 Å². The van der Waals surface area contributed by atoms with Gasteiger partial charge in [-0.25, -0.2) is 0 Å². The maximum Gasteiger partial charge on any atom is 0.0730 e. The van der Waals surface area contributed by atoms with Crippen molar-refractivity contribution in [1.29, 1.82) is 0 Å². The zero-order valence-electron chi connectivity index (χ0n) is 16.8. The maximum absolute atomic E-state index is 4.97. The third kappa shape index (κ3) is 4.64. The SMILES string of the molecule is C1=C2CCC(=N2)C=C2CCC(=CC3=NC(CC3)C3CCC1=N3)N2.CN(C)C. The van der Waals surface area contributed by atoms with Crippen LogP contribution in [0.25, 0.3) is 0 Å². The lowest BCUT2D eigenvalue weighted by Gasteiger charge is -2.11. The molecule has 5 nitrogen and oxygen atoms in total. The summed E-state index contributed by atoms with van der Waals surface area (Å²) < 4.78 is 0. The molecule has 1 N–H and O–H groups in total. The molecule has 0 saturated carbocycles. The number of nitrogens with zero attached hydrogens (tertiary/aromatic N) is 4. The van der Waals surface area contributed by atoms with Gasteiger partial charge in [0.1, 0.15) is 0 Å². The fourth-order valence-corrected chi connectivity index (χ4v) is 4.22.